The number of allylic oxidation sites excluding steroid dienone is 4. The molecule has 0 aliphatic rings. The average Bonchev–Trinajstić information content (AvgIpc) is 2.88. The summed E-state index contributed by atoms with van der Waals surface area (Å²) in [6.45, 7) is 18.6. The highest BCUT2D eigenvalue weighted by Gasteiger charge is 2.37. The second-order valence-corrected chi connectivity index (χ2v) is 16.6. The molecule has 0 radical (unpaired) electrons. The third kappa shape index (κ3) is 11.5. The summed E-state index contributed by atoms with van der Waals surface area (Å²) < 4.78 is 22.5. The molecular formula is C31H51NO7Si. The maximum atomic E-state index is 13.2. The van der Waals surface area contributed by atoms with E-state index >= 15 is 0 Å². The number of nitrogens with one attached hydrogen (secondary N) is 1. The van der Waals surface area contributed by atoms with Gasteiger partial charge in [-0.2, -0.15) is 0 Å². The van der Waals surface area contributed by atoms with Crippen molar-refractivity contribution >= 4 is 14.4 Å². The van der Waals surface area contributed by atoms with Crippen molar-refractivity contribution in [3.63, 3.8) is 0 Å². The fourth-order valence-corrected chi connectivity index (χ4v) is 4.24. The number of methoxy groups -OCH3 is 1. The number of carbonyl (C=O) groups is 1. The molecule has 1 unspecified atom stereocenters. The SMILES string of the molecule is CCCC/C(C)=C/C=C(\C)C(O)c1c(OCO[Si](C)(C)C(C)(C)C)cc([C@H](C)CC/C=C/NC(=O)OC)oc1=O. The van der Waals surface area contributed by atoms with Gasteiger partial charge in [0.05, 0.1) is 7.11 Å². The lowest BCUT2D eigenvalue weighted by Crippen LogP contribution is -2.41. The molecule has 0 aliphatic heterocycles. The number of amides is 1. The third-order valence-electron chi connectivity index (χ3n) is 7.43. The highest BCUT2D eigenvalue weighted by Crippen LogP contribution is 2.37. The predicted molar refractivity (Wildman–Crippen MR) is 163 cm³/mol. The molecule has 2 atom stereocenters. The van der Waals surface area contributed by atoms with Gasteiger partial charge in [0.2, 0.25) is 0 Å². The van der Waals surface area contributed by atoms with Crippen LogP contribution in [-0.2, 0) is 9.16 Å². The first-order valence-corrected chi connectivity index (χ1v) is 17.0. The van der Waals surface area contributed by atoms with Crippen LogP contribution in [0.25, 0.3) is 0 Å². The van der Waals surface area contributed by atoms with Gasteiger partial charge in [-0.15, -0.1) is 0 Å². The molecule has 9 heteroatoms. The second kappa shape index (κ2) is 16.6. The minimum atomic E-state index is -2.10. The number of alkyl carbamates (subject to hydrolysis) is 1. The Balaban J connectivity index is 3.27. The molecule has 1 rings (SSSR count). The molecule has 226 valence electrons. The second-order valence-electron chi connectivity index (χ2n) is 11.8. The lowest BCUT2D eigenvalue weighted by Gasteiger charge is -2.35. The van der Waals surface area contributed by atoms with Crippen LogP contribution >= 0.6 is 0 Å². The van der Waals surface area contributed by atoms with Crippen molar-refractivity contribution in [1.29, 1.82) is 0 Å². The third-order valence-corrected chi connectivity index (χ3v) is 11.9. The molecule has 40 heavy (non-hydrogen) atoms. The van der Waals surface area contributed by atoms with Crippen LogP contribution < -0.4 is 15.7 Å². The monoisotopic (exact) mass is 577 g/mol. The number of unbranched alkanes of at least 4 members (excludes halogenated alkanes) is 1. The van der Waals surface area contributed by atoms with Crippen molar-refractivity contribution in [2.75, 3.05) is 13.9 Å². The van der Waals surface area contributed by atoms with Crippen molar-refractivity contribution in [3.8, 4) is 5.75 Å². The first-order valence-electron chi connectivity index (χ1n) is 14.1. The summed E-state index contributed by atoms with van der Waals surface area (Å²) in [6, 6.07) is 1.69. The van der Waals surface area contributed by atoms with E-state index in [1.165, 1.54) is 18.9 Å². The van der Waals surface area contributed by atoms with Crippen LogP contribution in [0.2, 0.25) is 18.1 Å². The zero-order chi connectivity index (χ0) is 30.5. The minimum absolute atomic E-state index is 0.00830. The maximum absolute atomic E-state index is 13.2. The molecule has 1 aromatic rings. The average molecular weight is 578 g/mol. The Hall–Kier alpha value is -2.62. The summed E-state index contributed by atoms with van der Waals surface area (Å²) in [7, 11) is -0.803. The van der Waals surface area contributed by atoms with Gasteiger partial charge in [0.1, 0.15) is 23.2 Å². The molecule has 8 nitrogen and oxygen atoms in total. The largest absolute Gasteiger partial charge is 0.468 e. The Bertz CT molecular complexity index is 1100. The molecule has 0 bridgehead atoms. The number of rotatable bonds is 15. The van der Waals surface area contributed by atoms with Crippen molar-refractivity contribution in [3.05, 3.63) is 63.4 Å². The van der Waals surface area contributed by atoms with Gasteiger partial charge in [-0.05, 0) is 63.2 Å². The summed E-state index contributed by atoms with van der Waals surface area (Å²) in [5, 5.41) is 13.7. The number of carbonyl (C=O) groups excluding carboxylic acids is 1. The smallest absolute Gasteiger partial charge is 0.410 e. The van der Waals surface area contributed by atoms with Gasteiger partial charge in [0.25, 0.3) is 0 Å². The van der Waals surface area contributed by atoms with E-state index < -0.39 is 26.1 Å². The summed E-state index contributed by atoms with van der Waals surface area (Å²) in [6.07, 6.45) is 9.91. The predicted octanol–water partition coefficient (Wildman–Crippen LogP) is 7.87. The Morgan fingerprint density at radius 2 is 1.90 bits per heavy atom. The van der Waals surface area contributed by atoms with E-state index in [9.17, 15) is 14.7 Å². The maximum Gasteiger partial charge on any atom is 0.410 e. The molecule has 0 saturated carbocycles. The number of aliphatic hydroxyl groups excluding tert-OH is 1. The van der Waals surface area contributed by atoms with Crippen LogP contribution in [0.4, 0.5) is 4.79 Å². The highest BCUT2D eigenvalue weighted by molar-refractivity contribution is 6.74. The number of ether oxygens (including phenoxy) is 2. The van der Waals surface area contributed by atoms with Gasteiger partial charge >= 0.3 is 11.7 Å². The number of aliphatic hydroxyl groups is 1. The van der Waals surface area contributed by atoms with Gasteiger partial charge in [-0.25, -0.2) is 9.59 Å². The van der Waals surface area contributed by atoms with E-state index in [1.54, 1.807) is 19.1 Å². The van der Waals surface area contributed by atoms with Crippen LogP contribution in [0.1, 0.15) is 104 Å². The van der Waals surface area contributed by atoms with Crippen molar-refractivity contribution in [2.45, 2.75) is 111 Å². The van der Waals surface area contributed by atoms with E-state index in [-0.39, 0.29) is 29.1 Å². The number of hydrogen-bond donors (Lipinski definition) is 2. The van der Waals surface area contributed by atoms with Crippen molar-refractivity contribution < 1.29 is 28.2 Å². The molecule has 1 heterocycles. The van der Waals surface area contributed by atoms with Gasteiger partial charge in [-0.3, -0.25) is 5.32 Å². The molecule has 1 amide bonds. The fraction of sp³-hybridized carbons (Fsp3) is 0.613. The molecule has 1 aromatic heterocycles. The summed E-state index contributed by atoms with van der Waals surface area (Å²) >= 11 is 0. The van der Waals surface area contributed by atoms with Crippen LogP contribution in [-0.4, -0.2) is 33.4 Å². The summed E-state index contributed by atoms with van der Waals surface area (Å²) in [4.78, 5) is 24.4. The Kier molecular flexibility index (Phi) is 14.7. The molecular weight excluding hydrogens is 526 g/mol. The van der Waals surface area contributed by atoms with E-state index in [0.29, 0.717) is 24.2 Å². The van der Waals surface area contributed by atoms with Gasteiger partial charge in [-0.1, -0.05) is 64.8 Å². The zero-order valence-electron chi connectivity index (χ0n) is 26.2. The van der Waals surface area contributed by atoms with Crippen LogP contribution in [0, 0.1) is 0 Å². The Labute approximate surface area is 241 Å². The number of hydrogen-bond acceptors (Lipinski definition) is 7. The van der Waals surface area contributed by atoms with Crippen molar-refractivity contribution in [2.24, 2.45) is 0 Å². The zero-order valence-corrected chi connectivity index (χ0v) is 27.2. The lowest BCUT2D eigenvalue weighted by molar-refractivity contribution is 0.0996. The summed E-state index contributed by atoms with van der Waals surface area (Å²) in [5.74, 6) is 0.590. The fourth-order valence-electron chi connectivity index (χ4n) is 3.45. The standard InChI is InChI=1S/C31H51NO7Si/c1-11-12-15-22(2)17-18-24(4)28(33)27-26(37-21-38-40(9,10)31(5,6)7)20-25(39-29(27)34)23(3)16-13-14-19-32-30(35)36-8/h14,17-20,23,28,33H,11-13,15-16,21H2,1-10H3,(H,32,35)/b19-14+,22-17+,24-18+/t23-,28?/m1/s1. The van der Waals surface area contributed by atoms with Gasteiger partial charge in [0.15, 0.2) is 15.1 Å². The quantitative estimate of drug-likeness (QED) is 0.124. The van der Waals surface area contributed by atoms with Crippen molar-refractivity contribution in [1.82, 2.24) is 5.32 Å². The van der Waals surface area contributed by atoms with Crippen LogP contribution in [0.5, 0.6) is 5.75 Å². The Morgan fingerprint density at radius 3 is 2.50 bits per heavy atom. The molecule has 0 saturated heterocycles. The normalized spacial score (nSPS) is 14.8. The first kappa shape index (κ1) is 35.4. The van der Waals surface area contributed by atoms with E-state index in [4.69, 9.17) is 13.6 Å². The molecule has 0 fully saturated rings. The molecule has 0 aliphatic carbocycles. The van der Waals surface area contributed by atoms with E-state index in [2.05, 4.69) is 57.8 Å². The molecule has 2 N–H and O–H groups in total. The molecule has 0 aromatic carbocycles. The van der Waals surface area contributed by atoms with E-state index in [0.717, 1.165) is 19.3 Å². The van der Waals surface area contributed by atoms with Crippen LogP contribution in [0.15, 0.2) is 50.9 Å². The summed E-state index contributed by atoms with van der Waals surface area (Å²) in [5.41, 5.74) is 1.24. The van der Waals surface area contributed by atoms with Gasteiger partial charge < -0.3 is 23.4 Å². The van der Waals surface area contributed by atoms with E-state index in [1.807, 2.05) is 19.1 Å². The van der Waals surface area contributed by atoms with Gasteiger partial charge in [0, 0.05) is 18.2 Å². The molecule has 0 spiro atoms. The first-order chi connectivity index (χ1) is 18.6. The van der Waals surface area contributed by atoms with Crippen LogP contribution in [0.3, 0.4) is 0 Å². The minimum Gasteiger partial charge on any atom is -0.468 e. The Morgan fingerprint density at radius 1 is 1.23 bits per heavy atom. The highest BCUT2D eigenvalue weighted by atomic mass is 28.4. The topological polar surface area (TPSA) is 107 Å². The lowest BCUT2D eigenvalue weighted by atomic mass is 9.98.